The zero-order chi connectivity index (χ0) is 33.4. The Morgan fingerprint density at radius 1 is 0.750 bits per heavy atom. The van der Waals surface area contributed by atoms with E-state index in [1.165, 1.54) is 21.3 Å². The molecule has 4 saturated carbocycles. The predicted octanol–water partition coefficient (Wildman–Crippen LogP) is 5.78. The van der Waals surface area contributed by atoms with Crippen molar-refractivity contribution in [3.63, 3.8) is 0 Å². The third kappa shape index (κ3) is 5.63. The summed E-state index contributed by atoms with van der Waals surface area (Å²) in [6, 6.07) is 0. The highest BCUT2D eigenvalue weighted by Crippen LogP contribution is 2.78. The number of fused-ring (bicyclic) bond motifs is 3. The van der Waals surface area contributed by atoms with E-state index >= 15 is 0 Å². The number of ether oxygens (including phenoxy) is 3. The van der Waals surface area contributed by atoms with Crippen LogP contribution in [-0.2, 0) is 41.9 Å². The molecule has 0 aromatic rings. The number of hydrogen-bond acceptors (Lipinski definition) is 9. The Balaban J connectivity index is 2.10. The van der Waals surface area contributed by atoms with Crippen molar-refractivity contribution < 1.29 is 41.9 Å². The molecule has 250 valence electrons. The molecule has 2 bridgehead atoms. The summed E-state index contributed by atoms with van der Waals surface area (Å²) < 4.78 is 37.6. The Hall–Kier alpha value is -1.32. The topological polar surface area (TPSA) is 107 Å². The van der Waals surface area contributed by atoms with Gasteiger partial charge in [-0.25, -0.2) is 0 Å². The molecular weight excluding hydrogens is 613 g/mol. The first-order chi connectivity index (χ1) is 20.0. The van der Waals surface area contributed by atoms with E-state index in [9.17, 15) is 14.4 Å². The minimum Gasteiger partial charge on any atom is -0.469 e. The van der Waals surface area contributed by atoms with Crippen molar-refractivity contribution in [2.24, 2.45) is 39.9 Å². The van der Waals surface area contributed by atoms with Gasteiger partial charge in [-0.3, -0.25) is 14.4 Å². The fourth-order valence-corrected chi connectivity index (χ4v) is 13.3. The summed E-state index contributed by atoms with van der Waals surface area (Å²) in [6.45, 7) is 25.4. The highest BCUT2D eigenvalue weighted by atomic mass is 28.4. The molecular formula is C32H56O9Si3. The smallest absolute Gasteiger partial charge is 0.314 e. The SMILES string of the molecule is C=C1C[C@]23CC1[C@@H](O[Si](C)(C)C)C[C@H]2[C@]1(C(=O)OC)C[C@H](O[Si](C)(C)C)[C@@H](O[Si](C)(C)C)[C@@](C)(C(=O)OC)[C@H]1[C@@H]3C(=O)OC. The minimum absolute atomic E-state index is 0.0485. The van der Waals surface area contributed by atoms with Crippen molar-refractivity contribution in [3.05, 3.63) is 12.2 Å². The predicted molar refractivity (Wildman–Crippen MR) is 175 cm³/mol. The average Bonchev–Trinajstić information content (AvgIpc) is 3.31. The highest BCUT2D eigenvalue weighted by molar-refractivity contribution is 6.70. The fraction of sp³-hybridized carbons (Fsp3) is 0.844. The lowest BCUT2D eigenvalue weighted by Crippen LogP contribution is -2.68. The van der Waals surface area contributed by atoms with Crippen LogP contribution in [0.1, 0.15) is 32.6 Å². The van der Waals surface area contributed by atoms with Crippen molar-refractivity contribution in [1.29, 1.82) is 0 Å². The van der Waals surface area contributed by atoms with Crippen LogP contribution in [0.3, 0.4) is 0 Å². The van der Waals surface area contributed by atoms with E-state index in [-0.39, 0.29) is 24.4 Å². The van der Waals surface area contributed by atoms with E-state index in [4.69, 9.17) is 27.5 Å². The van der Waals surface area contributed by atoms with Gasteiger partial charge in [-0.05, 0) is 103 Å². The first-order valence-electron chi connectivity index (χ1n) is 16.0. The summed E-state index contributed by atoms with van der Waals surface area (Å²) in [4.78, 5) is 43.3. The molecule has 1 unspecified atom stereocenters. The number of carbonyl (C=O) groups excluding carboxylic acids is 3. The van der Waals surface area contributed by atoms with Crippen molar-refractivity contribution in [3.8, 4) is 0 Å². The second-order valence-corrected chi connectivity index (χ2v) is 30.2. The Bertz CT molecular complexity index is 1190. The largest absolute Gasteiger partial charge is 0.469 e. The molecule has 0 saturated heterocycles. The molecule has 0 amide bonds. The van der Waals surface area contributed by atoms with Crippen LogP contribution in [0, 0.1) is 39.9 Å². The third-order valence-corrected chi connectivity index (χ3v) is 13.7. The summed E-state index contributed by atoms with van der Waals surface area (Å²) in [6.07, 6.45) is 0.534. The second kappa shape index (κ2) is 11.4. The van der Waals surface area contributed by atoms with Crippen LogP contribution < -0.4 is 0 Å². The summed E-state index contributed by atoms with van der Waals surface area (Å²) in [7, 11) is -2.41. The van der Waals surface area contributed by atoms with E-state index in [0.29, 0.717) is 19.3 Å². The monoisotopic (exact) mass is 668 g/mol. The van der Waals surface area contributed by atoms with E-state index in [1.54, 1.807) is 0 Å². The van der Waals surface area contributed by atoms with Crippen LogP contribution in [0.4, 0.5) is 0 Å². The van der Waals surface area contributed by atoms with Crippen LogP contribution in [0.25, 0.3) is 0 Å². The molecule has 0 aromatic heterocycles. The lowest BCUT2D eigenvalue weighted by Gasteiger charge is -2.58. The van der Waals surface area contributed by atoms with Gasteiger partial charge < -0.3 is 27.5 Å². The van der Waals surface area contributed by atoms with Gasteiger partial charge in [0, 0.05) is 11.8 Å². The van der Waals surface area contributed by atoms with Crippen LogP contribution in [-0.4, -0.2) is 82.5 Å². The maximum atomic E-state index is 14.7. The minimum atomic E-state index is -2.31. The summed E-state index contributed by atoms with van der Waals surface area (Å²) in [5, 5.41) is 0. The van der Waals surface area contributed by atoms with Gasteiger partial charge in [0.2, 0.25) is 0 Å². The summed E-state index contributed by atoms with van der Waals surface area (Å²) >= 11 is 0. The Morgan fingerprint density at radius 3 is 1.75 bits per heavy atom. The lowest BCUT2D eigenvalue weighted by molar-refractivity contribution is -0.210. The molecule has 0 N–H and O–H groups in total. The molecule has 0 radical (unpaired) electrons. The van der Waals surface area contributed by atoms with Gasteiger partial charge in [-0.1, -0.05) is 12.2 Å². The van der Waals surface area contributed by atoms with E-state index in [2.05, 4.69) is 65.5 Å². The quantitative estimate of drug-likeness (QED) is 0.131. The van der Waals surface area contributed by atoms with Crippen molar-refractivity contribution in [2.75, 3.05) is 21.3 Å². The molecule has 9 nitrogen and oxygen atoms in total. The fourth-order valence-electron chi connectivity index (χ4n) is 9.87. The van der Waals surface area contributed by atoms with Gasteiger partial charge in [-0.2, -0.15) is 0 Å². The van der Waals surface area contributed by atoms with Gasteiger partial charge in [0.1, 0.15) is 0 Å². The zero-order valence-corrected chi connectivity index (χ0v) is 32.3. The van der Waals surface area contributed by atoms with Gasteiger partial charge in [0.05, 0.1) is 56.4 Å². The van der Waals surface area contributed by atoms with Gasteiger partial charge in [0.15, 0.2) is 25.0 Å². The Kier molecular flexibility index (Phi) is 9.23. The van der Waals surface area contributed by atoms with Crippen molar-refractivity contribution >= 4 is 42.9 Å². The molecule has 1 spiro atoms. The normalized spacial score (nSPS) is 40.2. The number of methoxy groups -OCH3 is 3. The van der Waals surface area contributed by atoms with Crippen molar-refractivity contribution in [2.45, 2.75) is 110 Å². The highest BCUT2D eigenvalue weighted by Gasteiger charge is 2.83. The van der Waals surface area contributed by atoms with Gasteiger partial charge in [-0.15, -0.1) is 0 Å². The van der Waals surface area contributed by atoms with Crippen LogP contribution in [0.2, 0.25) is 58.9 Å². The van der Waals surface area contributed by atoms with E-state index in [0.717, 1.165) is 5.57 Å². The molecule has 4 aliphatic carbocycles. The van der Waals surface area contributed by atoms with Crippen LogP contribution >= 0.6 is 0 Å². The third-order valence-electron chi connectivity index (χ3n) is 10.7. The van der Waals surface area contributed by atoms with E-state index < -0.39 is 83.1 Å². The summed E-state index contributed by atoms with van der Waals surface area (Å²) in [5.41, 5.74) is -2.31. The molecule has 4 fully saturated rings. The Labute approximate surface area is 267 Å². The standard InChI is InChI=1S/C32H56O9Si3/c1-19-16-31-17-20(19)21(39-42(6,7)8)15-23(31)32(29(35)38-5)18-22(40-43(9,10)11)26(41-44(12,13)14)30(2,28(34)37-4)25(32)24(31)27(33)36-3/h20-26H,1,15-18H2,2-14H3/t20?,21-,22-,23+,24+,25+,26+,30-,31-,32+/m0/s1. The number of rotatable bonds is 9. The first-order valence-corrected chi connectivity index (χ1v) is 26.2. The molecule has 10 atom stereocenters. The average molecular weight is 669 g/mol. The number of hydrogen-bond donors (Lipinski definition) is 0. The van der Waals surface area contributed by atoms with Crippen molar-refractivity contribution in [1.82, 2.24) is 0 Å². The van der Waals surface area contributed by atoms with Gasteiger partial charge >= 0.3 is 17.9 Å². The number of esters is 3. The molecule has 0 aromatic carbocycles. The van der Waals surface area contributed by atoms with E-state index in [1.807, 2.05) is 6.92 Å². The Morgan fingerprint density at radius 2 is 1.27 bits per heavy atom. The second-order valence-electron chi connectivity index (χ2n) is 16.8. The number of carbonyl (C=O) groups is 3. The zero-order valence-electron chi connectivity index (χ0n) is 29.3. The summed E-state index contributed by atoms with van der Waals surface area (Å²) in [5.74, 6) is -3.24. The maximum Gasteiger partial charge on any atom is 0.314 e. The maximum absolute atomic E-state index is 14.7. The van der Waals surface area contributed by atoms with Crippen LogP contribution in [0.5, 0.6) is 0 Å². The lowest BCUT2D eigenvalue weighted by atomic mass is 9.50. The molecule has 0 heterocycles. The van der Waals surface area contributed by atoms with Crippen LogP contribution in [0.15, 0.2) is 12.2 Å². The molecule has 4 aliphatic rings. The molecule has 12 heteroatoms. The molecule has 0 aliphatic heterocycles. The molecule has 4 rings (SSSR count). The molecule has 44 heavy (non-hydrogen) atoms. The van der Waals surface area contributed by atoms with Gasteiger partial charge in [0.25, 0.3) is 0 Å². The first kappa shape index (κ1) is 35.5.